The summed E-state index contributed by atoms with van der Waals surface area (Å²) in [5, 5.41) is 0. The fraction of sp³-hybridized carbons (Fsp3) is 0.533. The molecule has 1 unspecified atom stereocenters. The first kappa shape index (κ1) is 12.6. The van der Waals surface area contributed by atoms with Gasteiger partial charge in [0.25, 0.3) is 0 Å². The second-order valence-electron chi connectivity index (χ2n) is 5.84. The lowest BCUT2D eigenvalue weighted by molar-refractivity contribution is -0.167. The van der Waals surface area contributed by atoms with Crippen molar-refractivity contribution < 1.29 is 13.9 Å². The highest BCUT2D eigenvalue weighted by molar-refractivity contribution is 5.83. The molecule has 3 rings (SSSR count). The van der Waals surface area contributed by atoms with Gasteiger partial charge in [0.15, 0.2) is 0 Å². The zero-order chi connectivity index (χ0) is 13.5. The quantitative estimate of drug-likeness (QED) is 0.818. The summed E-state index contributed by atoms with van der Waals surface area (Å²) in [6.45, 7) is 4.55. The van der Waals surface area contributed by atoms with Crippen LogP contribution < -0.4 is 0 Å². The summed E-state index contributed by atoms with van der Waals surface area (Å²) >= 11 is 0. The molecule has 1 amide bonds. The van der Waals surface area contributed by atoms with E-state index in [-0.39, 0.29) is 17.1 Å². The number of hydrogen-bond acceptors (Lipinski definition) is 2. The second-order valence-corrected chi connectivity index (χ2v) is 5.84. The van der Waals surface area contributed by atoms with E-state index in [1.807, 2.05) is 24.0 Å². The van der Waals surface area contributed by atoms with Gasteiger partial charge in [-0.3, -0.25) is 4.79 Å². The van der Waals surface area contributed by atoms with Crippen molar-refractivity contribution in [2.75, 3.05) is 26.3 Å². The Hall–Kier alpha value is -1.42. The zero-order valence-electron chi connectivity index (χ0n) is 11.1. The number of likely N-dealkylation sites (tertiary alicyclic amines) is 1. The lowest BCUT2D eigenvalue weighted by atomic mass is 9.87. The summed E-state index contributed by atoms with van der Waals surface area (Å²) in [7, 11) is 0. The molecule has 1 aromatic carbocycles. The molecule has 0 N–H and O–H groups in total. The molecule has 0 aromatic heterocycles. The third-order valence-electron chi connectivity index (χ3n) is 4.17. The van der Waals surface area contributed by atoms with Gasteiger partial charge in [0, 0.05) is 19.0 Å². The number of hydrogen-bond donors (Lipinski definition) is 0. The van der Waals surface area contributed by atoms with Gasteiger partial charge in [-0.15, -0.1) is 0 Å². The molecule has 2 fully saturated rings. The molecule has 4 heteroatoms. The number of benzene rings is 1. The Morgan fingerprint density at radius 1 is 1.37 bits per heavy atom. The van der Waals surface area contributed by atoms with Crippen molar-refractivity contribution in [1.82, 2.24) is 4.90 Å². The zero-order valence-corrected chi connectivity index (χ0v) is 11.1. The average molecular weight is 263 g/mol. The molecular formula is C15H18FNO2. The van der Waals surface area contributed by atoms with Crippen LogP contribution in [0.2, 0.25) is 0 Å². The maximum absolute atomic E-state index is 12.9. The molecule has 0 aliphatic carbocycles. The van der Waals surface area contributed by atoms with Crippen molar-refractivity contribution >= 4 is 5.91 Å². The van der Waals surface area contributed by atoms with Crippen LogP contribution in [-0.4, -0.2) is 37.1 Å². The molecule has 102 valence electrons. The van der Waals surface area contributed by atoms with Gasteiger partial charge < -0.3 is 9.64 Å². The van der Waals surface area contributed by atoms with Crippen LogP contribution in [0.3, 0.4) is 0 Å². The summed E-state index contributed by atoms with van der Waals surface area (Å²) in [4.78, 5) is 14.3. The number of ether oxygens (including phenoxy) is 1. The average Bonchev–Trinajstić information content (AvgIpc) is 2.85. The van der Waals surface area contributed by atoms with E-state index in [1.165, 1.54) is 12.1 Å². The maximum Gasteiger partial charge on any atom is 0.233 e. The molecule has 0 saturated carbocycles. The fourth-order valence-corrected chi connectivity index (χ4v) is 2.87. The lowest BCUT2D eigenvalue weighted by Gasteiger charge is -2.39. The van der Waals surface area contributed by atoms with E-state index in [2.05, 4.69) is 0 Å². The van der Waals surface area contributed by atoms with Crippen molar-refractivity contribution in [1.29, 1.82) is 0 Å². The third-order valence-corrected chi connectivity index (χ3v) is 4.17. The standard InChI is InChI=1S/C15H18FNO2/c1-15(9-19-10-15)14(18)17-7-6-12(8-17)11-2-4-13(16)5-3-11/h2-5,12H,6-10H2,1H3. The number of nitrogens with zero attached hydrogens (tertiary/aromatic N) is 1. The second kappa shape index (κ2) is 4.60. The monoisotopic (exact) mass is 263 g/mol. The Bertz CT molecular complexity index is 481. The molecule has 2 saturated heterocycles. The fourth-order valence-electron chi connectivity index (χ4n) is 2.87. The Balaban J connectivity index is 1.67. The van der Waals surface area contributed by atoms with Crippen molar-refractivity contribution in [2.45, 2.75) is 19.3 Å². The molecule has 3 nitrogen and oxygen atoms in total. The van der Waals surface area contributed by atoms with Crippen molar-refractivity contribution in [3.63, 3.8) is 0 Å². The number of carbonyl (C=O) groups excluding carboxylic acids is 1. The number of halogens is 1. The smallest absolute Gasteiger partial charge is 0.233 e. The molecule has 0 spiro atoms. The lowest BCUT2D eigenvalue weighted by Crippen LogP contribution is -2.52. The molecule has 19 heavy (non-hydrogen) atoms. The van der Waals surface area contributed by atoms with Crippen LogP contribution in [0.5, 0.6) is 0 Å². The SMILES string of the molecule is CC1(C(=O)N2CCC(c3ccc(F)cc3)C2)COC1. The summed E-state index contributed by atoms with van der Waals surface area (Å²) < 4.78 is 18.1. The highest BCUT2D eigenvalue weighted by atomic mass is 19.1. The molecule has 2 aliphatic heterocycles. The van der Waals surface area contributed by atoms with Gasteiger partial charge in [-0.05, 0) is 31.0 Å². The molecular weight excluding hydrogens is 245 g/mol. The van der Waals surface area contributed by atoms with Gasteiger partial charge in [0.1, 0.15) is 5.82 Å². The van der Waals surface area contributed by atoms with Gasteiger partial charge >= 0.3 is 0 Å². The molecule has 2 heterocycles. The first-order chi connectivity index (χ1) is 9.08. The van der Waals surface area contributed by atoms with Crippen LogP contribution >= 0.6 is 0 Å². The van der Waals surface area contributed by atoms with Crippen LogP contribution in [0.25, 0.3) is 0 Å². The van der Waals surface area contributed by atoms with Crippen LogP contribution in [0.4, 0.5) is 4.39 Å². The van der Waals surface area contributed by atoms with E-state index in [4.69, 9.17) is 4.74 Å². The summed E-state index contributed by atoms with van der Waals surface area (Å²) in [5.41, 5.74) is 0.796. The van der Waals surface area contributed by atoms with Gasteiger partial charge in [0.05, 0.1) is 18.6 Å². The molecule has 0 bridgehead atoms. The highest BCUT2D eigenvalue weighted by Gasteiger charge is 2.45. The Morgan fingerprint density at radius 3 is 2.63 bits per heavy atom. The van der Waals surface area contributed by atoms with Crippen molar-refractivity contribution in [3.8, 4) is 0 Å². The van der Waals surface area contributed by atoms with E-state index in [0.29, 0.717) is 19.1 Å². The van der Waals surface area contributed by atoms with Crippen LogP contribution in [-0.2, 0) is 9.53 Å². The largest absolute Gasteiger partial charge is 0.379 e. The van der Waals surface area contributed by atoms with Gasteiger partial charge in [-0.1, -0.05) is 12.1 Å². The topological polar surface area (TPSA) is 29.5 Å². The number of amides is 1. The van der Waals surface area contributed by atoms with Crippen molar-refractivity contribution in [2.24, 2.45) is 5.41 Å². The Morgan fingerprint density at radius 2 is 2.05 bits per heavy atom. The van der Waals surface area contributed by atoms with Crippen molar-refractivity contribution in [3.05, 3.63) is 35.6 Å². The van der Waals surface area contributed by atoms with E-state index in [0.717, 1.165) is 25.1 Å². The third kappa shape index (κ3) is 2.25. The van der Waals surface area contributed by atoms with E-state index in [9.17, 15) is 9.18 Å². The van der Waals surface area contributed by atoms with E-state index >= 15 is 0 Å². The predicted molar refractivity (Wildman–Crippen MR) is 69.3 cm³/mol. The Labute approximate surface area is 112 Å². The van der Waals surface area contributed by atoms with E-state index < -0.39 is 0 Å². The predicted octanol–water partition coefficient (Wildman–Crippen LogP) is 2.18. The minimum Gasteiger partial charge on any atom is -0.379 e. The minimum absolute atomic E-state index is 0.198. The normalized spacial score (nSPS) is 25.2. The van der Waals surface area contributed by atoms with Crippen LogP contribution in [0.15, 0.2) is 24.3 Å². The van der Waals surface area contributed by atoms with Gasteiger partial charge in [0.2, 0.25) is 5.91 Å². The maximum atomic E-state index is 12.9. The molecule has 1 aromatic rings. The van der Waals surface area contributed by atoms with Gasteiger partial charge in [-0.2, -0.15) is 0 Å². The Kier molecular flexibility index (Phi) is 3.05. The van der Waals surface area contributed by atoms with E-state index in [1.54, 1.807) is 0 Å². The summed E-state index contributed by atoms with van der Waals surface area (Å²) in [6.07, 6.45) is 0.953. The number of carbonyl (C=O) groups is 1. The van der Waals surface area contributed by atoms with Crippen LogP contribution in [0.1, 0.15) is 24.8 Å². The molecule has 1 atom stereocenters. The van der Waals surface area contributed by atoms with Crippen LogP contribution in [0, 0.1) is 11.2 Å². The highest BCUT2D eigenvalue weighted by Crippen LogP contribution is 2.34. The minimum atomic E-state index is -0.322. The first-order valence-electron chi connectivity index (χ1n) is 6.71. The first-order valence-corrected chi connectivity index (χ1v) is 6.71. The molecule has 0 radical (unpaired) electrons. The summed E-state index contributed by atoms with van der Waals surface area (Å²) in [6, 6.07) is 6.62. The molecule has 2 aliphatic rings. The number of rotatable bonds is 2. The summed E-state index contributed by atoms with van der Waals surface area (Å²) in [5.74, 6) is 0.311. The van der Waals surface area contributed by atoms with Gasteiger partial charge in [-0.25, -0.2) is 4.39 Å².